The van der Waals surface area contributed by atoms with Crippen LogP contribution in [0.3, 0.4) is 0 Å². The number of ether oxygens (including phenoxy) is 1. The average Bonchev–Trinajstić information content (AvgIpc) is 2.36. The van der Waals surface area contributed by atoms with Crippen LogP contribution < -0.4 is 10.5 Å². The van der Waals surface area contributed by atoms with Crippen molar-refractivity contribution >= 4 is 15.9 Å². The van der Waals surface area contributed by atoms with E-state index in [1.54, 1.807) is 12.1 Å². The third kappa shape index (κ3) is 5.82. The number of sulfonamides is 1. The lowest BCUT2D eigenvalue weighted by atomic mass is 10.2. The Morgan fingerprint density at radius 1 is 1.32 bits per heavy atom. The second-order valence-corrected chi connectivity index (χ2v) is 5.58. The van der Waals surface area contributed by atoms with E-state index in [0.29, 0.717) is 13.2 Å². The van der Waals surface area contributed by atoms with E-state index < -0.39 is 10.0 Å². The van der Waals surface area contributed by atoms with Crippen molar-refractivity contribution < 1.29 is 17.9 Å². The molecule has 0 bridgehead atoms. The minimum Gasteiger partial charge on any atom is -0.372 e. The van der Waals surface area contributed by atoms with Crippen LogP contribution in [0.25, 0.3) is 0 Å². The Hall–Kier alpha value is -1.44. The van der Waals surface area contributed by atoms with Crippen molar-refractivity contribution in [2.45, 2.75) is 24.8 Å². The molecule has 0 radical (unpaired) electrons. The number of amides is 1. The van der Waals surface area contributed by atoms with E-state index in [-0.39, 0.29) is 17.4 Å². The molecule has 1 aromatic rings. The molecule has 0 fully saturated rings. The molecule has 1 amide bonds. The van der Waals surface area contributed by atoms with Crippen molar-refractivity contribution in [3.8, 4) is 0 Å². The summed E-state index contributed by atoms with van der Waals surface area (Å²) in [7, 11) is -3.67. The summed E-state index contributed by atoms with van der Waals surface area (Å²) in [4.78, 5) is 11.4. The Bertz CT molecular complexity index is 511. The predicted octanol–water partition coefficient (Wildman–Crippen LogP) is 0.377. The second-order valence-electron chi connectivity index (χ2n) is 4.02. The number of hydrogen-bond acceptors (Lipinski definition) is 4. The Labute approximate surface area is 113 Å². The highest BCUT2D eigenvalue weighted by Gasteiger charge is 2.07. The SMILES string of the molecule is CCCOCC(=O)NCc1ccc(S(N)(=O)=O)cc1. The first kappa shape index (κ1) is 15.6. The molecule has 0 spiro atoms. The van der Waals surface area contributed by atoms with Gasteiger partial charge in [-0.25, -0.2) is 13.6 Å². The van der Waals surface area contributed by atoms with Gasteiger partial charge in [-0.05, 0) is 24.1 Å². The number of hydrogen-bond donors (Lipinski definition) is 2. The molecule has 7 heteroatoms. The van der Waals surface area contributed by atoms with Crippen molar-refractivity contribution in [1.29, 1.82) is 0 Å². The topological polar surface area (TPSA) is 98.5 Å². The van der Waals surface area contributed by atoms with Crippen LogP contribution in [-0.4, -0.2) is 27.5 Å². The van der Waals surface area contributed by atoms with Crippen molar-refractivity contribution in [1.82, 2.24) is 5.32 Å². The van der Waals surface area contributed by atoms with E-state index in [9.17, 15) is 13.2 Å². The summed E-state index contributed by atoms with van der Waals surface area (Å²) in [6.45, 7) is 2.86. The number of primary sulfonamides is 1. The maximum atomic E-state index is 11.4. The normalized spacial score (nSPS) is 11.3. The number of nitrogens with two attached hydrogens (primary N) is 1. The quantitative estimate of drug-likeness (QED) is 0.708. The van der Waals surface area contributed by atoms with Crippen LogP contribution in [0.4, 0.5) is 0 Å². The smallest absolute Gasteiger partial charge is 0.246 e. The zero-order chi connectivity index (χ0) is 14.3. The lowest BCUT2D eigenvalue weighted by Crippen LogP contribution is -2.27. The molecule has 0 saturated carbocycles. The number of carbonyl (C=O) groups is 1. The molecule has 1 rings (SSSR count). The van der Waals surface area contributed by atoms with Crippen molar-refractivity contribution in [3.63, 3.8) is 0 Å². The standard InChI is InChI=1S/C12H18N2O4S/c1-2-7-18-9-12(15)14-8-10-3-5-11(6-4-10)19(13,16)17/h3-6H,2,7-9H2,1H3,(H,14,15)(H2,13,16,17). The first-order valence-electron chi connectivity index (χ1n) is 5.89. The van der Waals surface area contributed by atoms with Crippen LogP contribution in [0.15, 0.2) is 29.2 Å². The van der Waals surface area contributed by atoms with Gasteiger partial charge >= 0.3 is 0 Å². The molecule has 1 aromatic carbocycles. The molecule has 0 aromatic heterocycles. The molecule has 0 atom stereocenters. The largest absolute Gasteiger partial charge is 0.372 e. The van der Waals surface area contributed by atoms with Gasteiger partial charge in [-0.15, -0.1) is 0 Å². The van der Waals surface area contributed by atoms with Gasteiger partial charge in [-0.1, -0.05) is 19.1 Å². The van der Waals surface area contributed by atoms with Crippen LogP contribution >= 0.6 is 0 Å². The maximum absolute atomic E-state index is 11.4. The van der Waals surface area contributed by atoms with Crippen molar-refractivity contribution in [2.75, 3.05) is 13.2 Å². The summed E-state index contributed by atoms with van der Waals surface area (Å²) in [5.74, 6) is -0.205. The third-order valence-electron chi connectivity index (χ3n) is 2.32. The van der Waals surface area contributed by atoms with E-state index in [1.807, 2.05) is 6.92 Å². The fraction of sp³-hybridized carbons (Fsp3) is 0.417. The molecule has 0 heterocycles. The van der Waals surface area contributed by atoms with E-state index in [4.69, 9.17) is 9.88 Å². The van der Waals surface area contributed by atoms with Crippen molar-refractivity contribution in [2.24, 2.45) is 5.14 Å². The molecule has 0 saturated heterocycles. The Morgan fingerprint density at radius 2 is 1.95 bits per heavy atom. The van der Waals surface area contributed by atoms with E-state index >= 15 is 0 Å². The van der Waals surface area contributed by atoms with E-state index in [1.165, 1.54) is 12.1 Å². The van der Waals surface area contributed by atoms with Gasteiger partial charge in [-0.2, -0.15) is 0 Å². The Balaban J connectivity index is 2.44. The first-order chi connectivity index (χ1) is 8.93. The Kier molecular flexibility index (Phi) is 5.94. The monoisotopic (exact) mass is 286 g/mol. The maximum Gasteiger partial charge on any atom is 0.246 e. The highest BCUT2D eigenvalue weighted by Crippen LogP contribution is 2.08. The van der Waals surface area contributed by atoms with E-state index in [2.05, 4.69) is 5.32 Å². The fourth-order valence-corrected chi connectivity index (χ4v) is 1.87. The number of nitrogens with one attached hydrogen (secondary N) is 1. The third-order valence-corrected chi connectivity index (χ3v) is 3.25. The highest BCUT2D eigenvalue weighted by atomic mass is 32.2. The van der Waals surface area contributed by atoms with Gasteiger partial charge in [0.2, 0.25) is 15.9 Å². The number of carbonyl (C=O) groups excluding carboxylic acids is 1. The van der Waals surface area contributed by atoms with Crippen LogP contribution in [0, 0.1) is 0 Å². The lowest BCUT2D eigenvalue weighted by molar-refractivity contribution is -0.125. The van der Waals surface area contributed by atoms with Crippen LogP contribution in [0.5, 0.6) is 0 Å². The summed E-state index contributed by atoms with van der Waals surface area (Å²) in [6, 6.07) is 6.02. The van der Waals surface area contributed by atoms with Crippen LogP contribution in [0.2, 0.25) is 0 Å². The molecular formula is C12H18N2O4S. The Morgan fingerprint density at radius 3 is 2.47 bits per heavy atom. The van der Waals surface area contributed by atoms with Gasteiger partial charge in [0.15, 0.2) is 0 Å². The summed E-state index contributed by atoms with van der Waals surface area (Å²) < 4.78 is 27.2. The summed E-state index contributed by atoms with van der Waals surface area (Å²) >= 11 is 0. The number of benzene rings is 1. The van der Waals surface area contributed by atoms with Crippen molar-refractivity contribution in [3.05, 3.63) is 29.8 Å². The zero-order valence-electron chi connectivity index (χ0n) is 10.8. The number of rotatable bonds is 7. The molecule has 106 valence electrons. The van der Waals surface area contributed by atoms with Crippen LogP contribution in [-0.2, 0) is 26.1 Å². The van der Waals surface area contributed by atoms with Gasteiger partial charge in [-0.3, -0.25) is 4.79 Å². The van der Waals surface area contributed by atoms with Gasteiger partial charge < -0.3 is 10.1 Å². The molecule has 0 aliphatic carbocycles. The predicted molar refractivity (Wildman–Crippen MR) is 70.8 cm³/mol. The fourth-order valence-electron chi connectivity index (χ4n) is 1.36. The van der Waals surface area contributed by atoms with E-state index in [0.717, 1.165) is 12.0 Å². The summed E-state index contributed by atoms with van der Waals surface area (Å²) in [5, 5.41) is 7.65. The lowest BCUT2D eigenvalue weighted by Gasteiger charge is -2.06. The van der Waals surface area contributed by atoms with Gasteiger partial charge in [0.25, 0.3) is 0 Å². The first-order valence-corrected chi connectivity index (χ1v) is 7.44. The minimum atomic E-state index is -3.67. The molecule has 0 aliphatic rings. The molecule has 3 N–H and O–H groups in total. The second kappa shape index (κ2) is 7.22. The molecule has 0 aliphatic heterocycles. The summed E-state index contributed by atoms with van der Waals surface area (Å²) in [5.41, 5.74) is 0.788. The average molecular weight is 286 g/mol. The van der Waals surface area contributed by atoms with Crippen LogP contribution in [0.1, 0.15) is 18.9 Å². The molecule has 19 heavy (non-hydrogen) atoms. The molecule has 0 unspecified atom stereocenters. The minimum absolute atomic E-state index is 0.0309. The summed E-state index contributed by atoms with van der Waals surface area (Å²) in [6.07, 6.45) is 0.863. The van der Waals surface area contributed by atoms with Gasteiger partial charge in [0.05, 0.1) is 4.90 Å². The highest BCUT2D eigenvalue weighted by molar-refractivity contribution is 7.89. The van der Waals surface area contributed by atoms with Gasteiger partial charge in [0, 0.05) is 13.2 Å². The van der Waals surface area contributed by atoms with Gasteiger partial charge in [0.1, 0.15) is 6.61 Å². The molecular weight excluding hydrogens is 268 g/mol. The molecule has 6 nitrogen and oxygen atoms in total. The zero-order valence-corrected chi connectivity index (χ0v) is 11.6.